The fourth-order valence-electron chi connectivity index (χ4n) is 1.56. The number of thiophene rings is 1. The number of nitrogens with zero attached hydrogens (tertiary/aromatic N) is 3. The molecule has 17 heavy (non-hydrogen) atoms. The van der Waals surface area contributed by atoms with Gasteiger partial charge in [-0.1, -0.05) is 0 Å². The van der Waals surface area contributed by atoms with Crippen LogP contribution in [0, 0.1) is 11.3 Å². The van der Waals surface area contributed by atoms with Crippen LogP contribution in [0.1, 0.15) is 16.7 Å². The Kier molecular flexibility index (Phi) is 3.91. The predicted octanol–water partition coefficient (Wildman–Crippen LogP) is 1.99. The highest BCUT2D eigenvalue weighted by Gasteiger charge is 2.04. The molecule has 1 N–H and O–H groups in total. The molecule has 2 aromatic rings. The number of hydrogen-bond donors (Lipinski definition) is 1. The summed E-state index contributed by atoms with van der Waals surface area (Å²) in [5.41, 5.74) is 0. The second kappa shape index (κ2) is 5.62. The van der Waals surface area contributed by atoms with Crippen molar-refractivity contribution >= 4 is 11.3 Å². The van der Waals surface area contributed by atoms with Crippen molar-refractivity contribution in [2.75, 3.05) is 0 Å². The van der Waals surface area contributed by atoms with Gasteiger partial charge in [-0.15, -0.1) is 11.3 Å². The van der Waals surface area contributed by atoms with Gasteiger partial charge < -0.3 is 5.32 Å². The maximum absolute atomic E-state index is 8.73. The standard InChI is InChI=1S/C12H14N4S/c1-10(9-16-6-2-5-15-16)14-8-12-4-3-11(7-13)17-12/h2-6,10,14H,8-9H2,1H3. The summed E-state index contributed by atoms with van der Waals surface area (Å²) in [4.78, 5) is 1.95. The molecule has 0 aliphatic rings. The molecule has 5 heteroatoms. The second-order valence-corrected chi connectivity index (χ2v) is 5.06. The minimum atomic E-state index is 0.350. The Morgan fingerprint density at radius 3 is 3.12 bits per heavy atom. The van der Waals surface area contributed by atoms with Crippen LogP contribution in [0.5, 0.6) is 0 Å². The van der Waals surface area contributed by atoms with Crippen molar-refractivity contribution < 1.29 is 0 Å². The number of hydrogen-bond acceptors (Lipinski definition) is 4. The van der Waals surface area contributed by atoms with Crippen LogP contribution in [0.2, 0.25) is 0 Å². The van der Waals surface area contributed by atoms with Gasteiger partial charge in [0.05, 0.1) is 6.54 Å². The molecular formula is C12H14N4S. The van der Waals surface area contributed by atoms with Crippen LogP contribution in [0.3, 0.4) is 0 Å². The van der Waals surface area contributed by atoms with E-state index in [0.29, 0.717) is 6.04 Å². The Morgan fingerprint density at radius 1 is 1.59 bits per heavy atom. The van der Waals surface area contributed by atoms with Gasteiger partial charge in [-0.05, 0) is 25.1 Å². The van der Waals surface area contributed by atoms with Crippen molar-refractivity contribution in [3.8, 4) is 6.07 Å². The second-order valence-electron chi connectivity index (χ2n) is 3.89. The molecule has 0 aliphatic carbocycles. The van der Waals surface area contributed by atoms with Gasteiger partial charge in [-0.2, -0.15) is 10.4 Å². The topological polar surface area (TPSA) is 53.6 Å². The van der Waals surface area contributed by atoms with Gasteiger partial charge in [0.2, 0.25) is 0 Å². The molecule has 1 atom stereocenters. The summed E-state index contributed by atoms with van der Waals surface area (Å²) in [5, 5.41) is 16.3. The molecule has 0 amide bonds. The SMILES string of the molecule is CC(Cn1cccn1)NCc1ccc(C#N)s1. The lowest BCUT2D eigenvalue weighted by Crippen LogP contribution is -2.29. The Balaban J connectivity index is 1.80. The first-order chi connectivity index (χ1) is 8.28. The van der Waals surface area contributed by atoms with Crippen molar-refractivity contribution in [3.63, 3.8) is 0 Å². The van der Waals surface area contributed by atoms with E-state index in [2.05, 4.69) is 23.4 Å². The van der Waals surface area contributed by atoms with Crippen molar-refractivity contribution in [1.82, 2.24) is 15.1 Å². The van der Waals surface area contributed by atoms with E-state index >= 15 is 0 Å². The van der Waals surface area contributed by atoms with Crippen LogP contribution in [0.4, 0.5) is 0 Å². The molecule has 1 unspecified atom stereocenters. The minimum absolute atomic E-state index is 0.350. The Hall–Kier alpha value is -1.64. The molecule has 2 rings (SSSR count). The molecule has 4 nitrogen and oxygen atoms in total. The zero-order chi connectivity index (χ0) is 12.1. The zero-order valence-electron chi connectivity index (χ0n) is 9.63. The average molecular weight is 246 g/mol. The van der Waals surface area contributed by atoms with Crippen molar-refractivity contribution in [2.45, 2.75) is 26.1 Å². The van der Waals surface area contributed by atoms with Gasteiger partial charge in [0.1, 0.15) is 10.9 Å². The zero-order valence-corrected chi connectivity index (χ0v) is 10.4. The van der Waals surface area contributed by atoms with Crippen molar-refractivity contribution in [1.29, 1.82) is 5.26 Å². The summed E-state index contributed by atoms with van der Waals surface area (Å²) in [7, 11) is 0. The van der Waals surface area contributed by atoms with Crippen LogP contribution < -0.4 is 5.32 Å². The number of rotatable bonds is 5. The molecule has 0 fully saturated rings. The highest BCUT2D eigenvalue weighted by molar-refractivity contribution is 7.12. The molecule has 88 valence electrons. The minimum Gasteiger partial charge on any atom is -0.308 e. The largest absolute Gasteiger partial charge is 0.308 e. The summed E-state index contributed by atoms with van der Waals surface area (Å²) in [6, 6.07) is 8.28. The summed E-state index contributed by atoms with van der Waals surface area (Å²) in [6.07, 6.45) is 3.74. The highest BCUT2D eigenvalue weighted by Crippen LogP contribution is 2.14. The molecule has 0 bridgehead atoms. The normalized spacial score (nSPS) is 12.2. The Morgan fingerprint density at radius 2 is 2.47 bits per heavy atom. The fraction of sp³-hybridized carbons (Fsp3) is 0.333. The van der Waals surface area contributed by atoms with E-state index in [1.54, 1.807) is 6.20 Å². The maximum Gasteiger partial charge on any atom is 0.110 e. The van der Waals surface area contributed by atoms with E-state index < -0.39 is 0 Å². The summed E-state index contributed by atoms with van der Waals surface area (Å²) in [5.74, 6) is 0. The van der Waals surface area contributed by atoms with Gasteiger partial charge in [0.25, 0.3) is 0 Å². The first-order valence-corrected chi connectivity index (χ1v) is 6.29. The molecular weight excluding hydrogens is 232 g/mol. The molecule has 0 aliphatic heterocycles. The van der Waals surface area contributed by atoms with E-state index in [1.165, 1.54) is 16.2 Å². The number of nitriles is 1. The smallest absolute Gasteiger partial charge is 0.110 e. The number of nitrogens with one attached hydrogen (secondary N) is 1. The number of aromatic nitrogens is 2. The molecule has 2 heterocycles. The van der Waals surface area contributed by atoms with E-state index in [-0.39, 0.29) is 0 Å². The van der Waals surface area contributed by atoms with Crippen LogP contribution >= 0.6 is 11.3 Å². The van der Waals surface area contributed by atoms with Gasteiger partial charge >= 0.3 is 0 Å². The summed E-state index contributed by atoms with van der Waals surface area (Å²) >= 11 is 1.54. The van der Waals surface area contributed by atoms with Crippen LogP contribution in [-0.4, -0.2) is 15.8 Å². The first-order valence-electron chi connectivity index (χ1n) is 5.47. The lowest BCUT2D eigenvalue weighted by Gasteiger charge is -2.12. The Bertz CT molecular complexity index is 495. The molecule has 0 radical (unpaired) electrons. The quantitative estimate of drug-likeness (QED) is 0.878. The van der Waals surface area contributed by atoms with Crippen LogP contribution in [0.25, 0.3) is 0 Å². The first kappa shape index (κ1) is 11.8. The lowest BCUT2D eigenvalue weighted by atomic mass is 10.3. The van der Waals surface area contributed by atoms with Crippen molar-refractivity contribution in [2.24, 2.45) is 0 Å². The van der Waals surface area contributed by atoms with Gasteiger partial charge in [0.15, 0.2) is 0 Å². The van der Waals surface area contributed by atoms with Crippen molar-refractivity contribution in [3.05, 3.63) is 40.3 Å². The van der Waals surface area contributed by atoms with Crippen LogP contribution in [0.15, 0.2) is 30.6 Å². The molecule has 0 aromatic carbocycles. The van der Waals surface area contributed by atoms with E-state index in [0.717, 1.165) is 18.0 Å². The van der Waals surface area contributed by atoms with E-state index in [1.807, 2.05) is 29.1 Å². The molecule has 0 spiro atoms. The Labute approximate surface area is 105 Å². The third-order valence-corrected chi connectivity index (χ3v) is 3.41. The third kappa shape index (κ3) is 3.41. The van der Waals surface area contributed by atoms with E-state index in [9.17, 15) is 0 Å². The summed E-state index contributed by atoms with van der Waals surface area (Å²) < 4.78 is 1.91. The van der Waals surface area contributed by atoms with E-state index in [4.69, 9.17) is 5.26 Å². The predicted molar refractivity (Wildman–Crippen MR) is 67.6 cm³/mol. The van der Waals surface area contributed by atoms with Gasteiger partial charge in [0, 0.05) is 29.9 Å². The molecule has 2 aromatic heterocycles. The maximum atomic E-state index is 8.73. The molecule has 0 saturated heterocycles. The fourth-order valence-corrected chi connectivity index (χ4v) is 2.32. The monoisotopic (exact) mass is 246 g/mol. The average Bonchev–Trinajstić information content (AvgIpc) is 2.96. The highest BCUT2D eigenvalue weighted by atomic mass is 32.1. The van der Waals surface area contributed by atoms with Gasteiger partial charge in [-0.3, -0.25) is 4.68 Å². The van der Waals surface area contributed by atoms with Gasteiger partial charge in [-0.25, -0.2) is 0 Å². The lowest BCUT2D eigenvalue weighted by molar-refractivity contribution is 0.452. The van der Waals surface area contributed by atoms with Crippen LogP contribution in [-0.2, 0) is 13.1 Å². The summed E-state index contributed by atoms with van der Waals surface area (Å²) in [6.45, 7) is 3.78. The molecule has 0 saturated carbocycles. The third-order valence-electron chi connectivity index (χ3n) is 2.42.